The molecule has 1 N–H and O–H groups in total. The molecule has 0 spiro atoms. The number of hydrogen-bond donors (Lipinski definition) is 1. The molecule has 32 heavy (non-hydrogen) atoms. The first-order valence-corrected chi connectivity index (χ1v) is 10.3. The number of aromatic carboxylic acids is 1. The lowest BCUT2D eigenvalue weighted by atomic mass is 9.98. The number of pyridine rings is 1. The minimum absolute atomic E-state index is 0.0558. The number of fused-ring (bicyclic) bond motifs is 4. The van der Waals surface area contributed by atoms with Crippen LogP contribution in [0, 0.1) is 0 Å². The lowest BCUT2D eigenvalue weighted by molar-refractivity contribution is 0.0697. The minimum atomic E-state index is -1.16. The van der Waals surface area contributed by atoms with Gasteiger partial charge in [0.05, 0.1) is 11.2 Å². The zero-order chi connectivity index (χ0) is 22.2. The van der Waals surface area contributed by atoms with Crippen molar-refractivity contribution >= 4 is 28.7 Å². The molecule has 0 bridgehead atoms. The van der Waals surface area contributed by atoms with E-state index in [4.69, 9.17) is 4.74 Å². The molecule has 0 radical (unpaired) electrons. The van der Waals surface area contributed by atoms with Gasteiger partial charge in [-0.3, -0.25) is 9.88 Å². The minimum Gasteiger partial charge on any atom is -0.478 e. The largest absolute Gasteiger partial charge is 0.478 e. The van der Waals surface area contributed by atoms with Crippen molar-refractivity contribution in [3.63, 3.8) is 0 Å². The van der Waals surface area contributed by atoms with E-state index in [2.05, 4.69) is 29.2 Å². The number of rotatable bonds is 4. The fourth-order valence-electron chi connectivity index (χ4n) is 4.43. The van der Waals surface area contributed by atoms with Crippen LogP contribution in [-0.4, -0.2) is 35.8 Å². The van der Waals surface area contributed by atoms with Gasteiger partial charge in [0.25, 0.3) is 0 Å². The Kier molecular flexibility index (Phi) is 4.82. The van der Waals surface area contributed by atoms with E-state index in [0.29, 0.717) is 10.9 Å². The second-order valence-electron chi connectivity index (χ2n) is 7.71. The normalized spacial score (nSPS) is 12.3. The molecule has 1 amide bonds. The maximum absolute atomic E-state index is 13.0. The molecule has 158 valence electrons. The first kappa shape index (κ1) is 19.8. The number of aromatic nitrogens is 1. The number of ether oxygens (including phenoxy) is 1. The maximum Gasteiger partial charge on any atom is 0.414 e. The molecule has 4 aromatic rings. The third-order valence-corrected chi connectivity index (χ3v) is 5.92. The highest BCUT2D eigenvalue weighted by Gasteiger charge is 2.30. The van der Waals surface area contributed by atoms with Crippen molar-refractivity contribution in [1.82, 2.24) is 4.98 Å². The van der Waals surface area contributed by atoms with Crippen LogP contribution in [0.5, 0.6) is 0 Å². The highest BCUT2D eigenvalue weighted by Crippen LogP contribution is 2.44. The van der Waals surface area contributed by atoms with Gasteiger partial charge in [-0.25, -0.2) is 9.59 Å². The quantitative estimate of drug-likeness (QED) is 0.480. The van der Waals surface area contributed by atoms with E-state index >= 15 is 0 Å². The van der Waals surface area contributed by atoms with Gasteiger partial charge < -0.3 is 9.84 Å². The summed E-state index contributed by atoms with van der Waals surface area (Å²) in [4.78, 5) is 30.3. The fraction of sp³-hybridized carbons (Fsp3) is 0.115. The van der Waals surface area contributed by atoms with Crippen LogP contribution in [0.4, 0.5) is 10.5 Å². The van der Waals surface area contributed by atoms with Crippen molar-refractivity contribution in [2.75, 3.05) is 18.6 Å². The Hall–Kier alpha value is -4.19. The predicted octanol–water partition coefficient (Wildman–Crippen LogP) is 5.32. The van der Waals surface area contributed by atoms with E-state index in [1.165, 1.54) is 18.1 Å². The Balaban J connectivity index is 1.45. The van der Waals surface area contributed by atoms with Gasteiger partial charge in [0.15, 0.2) is 0 Å². The fourth-order valence-corrected chi connectivity index (χ4v) is 4.43. The van der Waals surface area contributed by atoms with Crippen molar-refractivity contribution in [3.8, 4) is 11.1 Å². The number of nitrogens with zero attached hydrogens (tertiary/aromatic N) is 2. The maximum atomic E-state index is 13.0. The number of carboxylic acid groups (broad SMARTS) is 1. The van der Waals surface area contributed by atoms with Crippen LogP contribution in [0.1, 0.15) is 27.4 Å². The molecule has 3 aromatic carbocycles. The van der Waals surface area contributed by atoms with Crippen LogP contribution in [0.15, 0.2) is 79.0 Å². The average molecular weight is 424 g/mol. The molecule has 0 saturated carbocycles. The first-order chi connectivity index (χ1) is 15.6. The Bertz CT molecular complexity index is 1320. The Morgan fingerprint density at radius 2 is 1.53 bits per heavy atom. The smallest absolute Gasteiger partial charge is 0.414 e. The molecule has 6 heteroatoms. The summed E-state index contributed by atoms with van der Waals surface area (Å²) in [6, 6.07) is 23.3. The molecule has 1 heterocycles. The summed E-state index contributed by atoms with van der Waals surface area (Å²) in [5.74, 6) is -1.23. The van der Waals surface area contributed by atoms with Gasteiger partial charge in [0, 0.05) is 24.5 Å². The topological polar surface area (TPSA) is 79.7 Å². The highest BCUT2D eigenvalue weighted by atomic mass is 16.6. The molecule has 0 atom stereocenters. The molecule has 1 aliphatic rings. The van der Waals surface area contributed by atoms with Crippen LogP contribution in [0.3, 0.4) is 0 Å². The number of benzene rings is 3. The van der Waals surface area contributed by atoms with E-state index in [-0.39, 0.29) is 23.8 Å². The number of carboxylic acids is 1. The molecule has 0 unspecified atom stereocenters. The van der Waals surface area contributed by atoms with Crippen molar-refractivity contribution in [2.45, 2.75) is 5.92 Å². The summed E-state index contributed by atoms with van der Waals surface area (Å²) in [6.45, 7) is 0.155. The number of anilines is 1. The van der Waals surface area contributed by atoms with Crippen LogP contribution in [0.25, 0.3) is 22.0 Å². The summed E-state index contributed by atoms with van der Waals surface area (Å²) in [5, 5.41) is 10.2. The van der Waals surface area contributed by atoms with Crippen molar-refractivity contribution in [2.24, 2.45) is 0 Å². The summed E-state index contributed by atoms with van der Waals surface area (Å²) >= 11 is 0. The summed E-state index contributed by atoms with van der Waals surface area (Å²) in [6.07, 6.45) is 0.651. The molecular weight excluding hydrogens is 404 g/mol. The Morgan fingerprint density at radius 3 is 2.19 bits per heavy atom. The molecule has 1 aromatic heterocycles. The lowest BCUT2D eigenvalue weighted by Crippen LogP contribution is -2.30. The van der Waals surface area contributed by atoms with Gasteiger partial charge in [0.2, 0.25) is 0 Å². The van der Waals surface area contributed by atoms with Crippen molar-refractivity contribution < 1.29 is 19.4 Å². The first-order valence-electron chi connectivity index (χ1n) is 10.3. The Morgan fingerprint density at radius 1 is 0.938 bits per heavy atom. The highest BCUT2D eigenvalue weighted by molar-refractivity contribution is 6.09. The van der Waals surface area contributed by atoms with Crippen molar-refractivity contribution in [3.05, 3.63) is 95.7 Å². The van der Waals surface area contributed by atoms with Crippen molar-refractivity contribution in [1.29, 1.82) is 0 Å². The van der Waals surface area contributed by atoms with Gasteiger partial charge in [-0.15, -0.1) is 0 Å². The van der Waals surface area contributed by atoms with Gasteiger partial charge in [-0.1, -0.05) is 66.7 Å². The van der Waals surface area contributed by atoms with E-state index in [0.717, 1.165) is 22.3 Å². The summed E-state index contributed by atoms with van der Waals surface area (Å²) < 4.78 is 5.71. The van der Waals surface area contributed by atoms with E-state index < -0.39 is 12.1 Å². The monoisotopic (exact) mass is 424 g/mol. The van der Waals surface area contributed by atoms with Crippen LogP contribution >= 0.6 is 0 Å². The zero-order valence-corrected chi connectivity index (χ0v) is 17.4. The van der Waals surface area contributed by atoms with Crippen LogP contribution < -0.4 is 4.90 Å². The van der Waals surface area contributed by atoms with Gasteiger partial charge in [-0.2, -0.15) is 0 Å². The molecule has 0 aliphatic heterocycles. The number of para-hydroxylation sites is 1. The lowest BCUT2D eigenvalue weighted by Gasteiger charge is -2.22. The predicted molar refractivity (Wildman–Crippen MR) is 122 cm³/mol. The molecule has 0 saturated heterocycles. The standard InChI is InChI=1S/C26H20N2O4/c1-28(24-20-12-6-7-13-23(20)27-14-21(24)25(29)30)26(31)32-15-22-18-10-4-2-8-16(18)17-9-3-5-11-19(17)22/h2-14,22H,15H2,1H3,(H,29,30). The molecule has 1 aliphatic carbocycles. The second-order valence-corrected chi connectivity index (χ2v) is 7.71. The summed E-state index contributed by atoms with van der Waals surface area (Å²) in [7, 11) is 1.52. The van der Waals surface area contributed by atoms with E-state index in [1.807, 2.05) is 30.3 Å². The second kappa shape index (κ2) is 7.81. The average Bonchev–Trinajstić information content (AvgIpc) is 3.15. The molecule has 5 rings (SSSR count). The van der Waals surface area contributed by atoms with Gasteiger partial charge in [-0.05, 0) is 28.3 Å². The van der Waals surface area contributed by atoms with Crippen LogP contribution in [0.2, 0.25) is 0 Å². The zero-order valence-electron chi connectivity index (χ0n) is 17.4. The molecule has 0 fully saturated rings. The number of carbonyl (C=O) groups is 2. The Labute approximate surface area is 184 Å². The third kappa shape index (κ3) is 3.17. The van der Waals surface area contributed by atoms with E-state index in [1.54, 1.807) is 18.2 Å². The summed E-state index contributed by atoms with van der Waals surface area (Å²) in [5.41, 5.74) is 5.33. The third-order valence-electron chi connectivity index (χ3n) is 5.92. The molecule has 6 nitrogen and oxygen atoms in total. The number of hydrogen-bond acceptors (Lipinski definition) is 4. The SMILES string of the molecule is CN(C(=O)OCC1c2ccccc2-c2ccccc21)c1c(C(=O)O)cnc2ccccc12. The van der Waals surface area contributed by atoms with E-state index in [9.17, 15) is 14.7 Å². The number of amides is 1. The van der Waals surface area contributed by atoms with Gasteiger partial charge >= 0.3 is 12.1 Å². The molecular formula is C26H20N2O4. The van der Waals surface area contributed by atoms with Gasteiger partial charge in [0.1, 0.15) is 12.2 Å². The van der Waals surface area contributed by atoms with Crippen LogP contribution in [-0.2, 0) is 4.74 Å². The number of carbonyl (C=O) groups excluding carboxylic acids is 1.